The number of phenols is 2. The largest absolute Gasteiger partial charge is 0.507 e. The highest BCUT2D eigenvalue weighted by molar-refractivity contribution is 6.05. The van der Waals surface area contributed by atoms with E-state index < -0.39 is 0 Å². The smallest absolute Gasteiger partial charge is 0.255 e. The second-order valence-corrected chi connectivity index (χ2v) is 13.7. The first-order valence-electron chi connectivity index (χ1n) is 19.0. The number of phenolic OH excluding ortho intramolecular Hbond substituents is 2. The van der Waals surface area contributed by atoms with Crippen molar-refractivity contribution in [3.05, 3.63) is 108 Å². The number of nitrogens with one attached hydrogen (secondary N) is 2. The van der Waals surface area contributed by atoms with Crippen LogP contribution in [0.5, 0.6) is 11.5 Å². The number of amides is 1. The maximum Gasteiger partial charge on any atom is 0.255 e. The average Bonchev–Trinajstić information content (AvgIpc) is 3.35. The maximum absolute atomic E-state index is 13.1. The molecule has 0 aliphatic carbocycles. The highest BCUT2D eigenvalue weighted by Crippen LogP contribution is 2.37. The number of carbonyl (C=O) groups is 1. The van der Waals surface area contributed by atoms with Gasteiger partial charge in [-0.2, -0.15) is 0 Å². The molecular weight excluding hydrogens is 645 g/mol. The molecule has 0 fully saturated rings. The lowest BCUT2D eigenvalue weighted by molar-refractivity contribution is 0.102. The molecule has 2 atom stereocenters. The zero-order valence-electron chi connectivity index (χ0n) is 33.0. The third-order valence-corrected chi connectivity index (χ3v) is 9.60. The van der Waals surface area contributed by atoms with Crippen LogP contribution < -0.4 is 10.6 Å². The van der Waals surface area contributed by atoms with Gasteiger partial charge in [0.25, 0.3) is 5.91 Å². The van der Waals surface area contributed by atoms with Crippen molar-refractivity contribution in [2.24, 2.45) is 11.8 Å². The van der Waals surface area contributed by atoms with E-state index in [0.29, 0.717) is 17.1 Å². The van der Waals surface area contributed by atoms with Gasteiger partial charge in [-0.25, -0.2) is 0 Å². The van der Waals surface area contributed by atoms with Gasteiger partial charge in [-0.15, -0.1) is 0 Å². The van der Waals surface area contributed by atoms with Crippen molar-refractivity contribution in [1.29, 1.82) is 0 Å². The number of allylic oxidation sites excluding steroid dienone is 5. The number of carbonyl (C=O) groups excluding carboxylic acids is 1. The zero-order chi connectivity index (χ0) is 38.4. The van der Waals surface area contributed by atoms with E-state index in [4.69, 9.17) is 0 Å². The topological polar surface area (TPSA) is 89.8 Å². The van der Waals surface area contributed by atoms with Crippen LogP contribution in [0.2, 0.25) is 0 Å². The highest BCUT2D eigenvalue weighted by atomic mass is 16.3. The van der Waals surface area contributed by atoms with Gasteiger partial charge in [-0.3, -0.25) is 4.79 Å². The lowest BCUT2D eigenvalue weighted by atomic mass is 10.0. The average molecular weight is 707 g/mol. The summed E-state index contributed by atoms with van der Waals surface area (Å²) in [5, 5.41) is 28.8. The minimum Gasteiger partial charge on any atom is -0.507 e. The van der Waals surface area contributed by atoms with E-state index in [1.54, 1.807) is 36.4 Å². The number of anilines is 3. The number of aryl methyl sites for hydroxylation is 1. The molecule has 4 N–H and O–H groups in total. The Bertz CT molecular complexity index is 1810. The van der Waals surface area contributed by atoms with Gasteiger partial charge in [-0.1, -0.05) is 78.8 Å². The Morgan fingerprint density at radius 3 is 2.17 bits per heavy atom. The summed E-state index contributed by atoms with van der Waals surface area (Å²) in [6, 6.07) is 16.6. The van der Waals surface area contributed by atoms with Crippen LogP contribution in [0.15, 0.2) is 85.5 Å². The van der Waals surface area contributed by atoms with Crippen LogP contribution in [0, 0.1) is 25.7 Å². The van der Waals surface area contributed by atoms with Crippen molar-refractivity contribution in [3.63, 3.8) is 0 Å². The molecule has 0 radical (unpaired) electrons. The van der Waals surface area contributed by atoms with Gasteiger partial charge >= 0.3 is 0 Å². The van der Waals surface area contributed by atoms with E-state index in [2.05, 4.69) is 86.4 Å². The standard InChI is InChI=1S/C43H56N4O3.C2H6/c1-9-13-33(14-10-2)42-40(48)25-37(26-41(42)49)45-43(50)34-15-17-35(18-16-34)44-36-19-20-39-38(24-36)31(7)32(8)47(39)28-30(6)27-46(22-11-3)23-21-29(5)12-4;1-2/h9-10,13-20,24-26,29-30,44,48-49H,1,11-12,21-23,27-28H2,2-8H3,(H,45,50);1-2H3/b14-10-,33-13+;. The molecule has 7 heteroatoms. The molecule has 1 heterocycles. The summed E-state index contributed by atoms with van der Waals surface area (Å²) >= 11 is 0. The van der Waals surface area contributed by atoms with Crippen LogP contribution in [0.1, 0.15) is 94.9 Å². The van der Waals surface area contributed by atoms with Gasteiger partial charge in [0, 0.05) is 64.4 Å². The van der Waals surface area contributed by atoms with Gasteiger partial charge in [0.2, 0.25) is 0 Å². The minimum atomic E-state index is -0.352. The Balaban J connectivity index is 0.00000358. The Labute approximate surface area is 312 Å². The van der Waals surface area contributed by atoms with Gasteiger partial charge in [0.1, 0.15) is 11.5 Å². The third-order valence-electron chi connectivity index (χ3n) is 9.60. The first kappa shape index (κ1) is 41.7. The van der Waals surface area contributed by atoms with Crippen LogP contribution in [0.25, 0.3) is 16.5 Å². The normalized spacial score (nSPS) is 12.8. The van der Waals surface area contributed by atoms with Crippen LogP contribution in [0.4, 0.5) is 17.1 Å². The Morgan fingerprint density at radius 2 is 1.58 bits per heavy atom. The molecule has 280 valence electrons. The molecule has 1 amide bonds. The molecule has 2 unspecified atom stereocenters. The highest BCUT2D eigenvalue weighted by Gasteiger charge is 2.18. The number of hydrogen-bond donors (Lipinski definition) is 4. The fraction of sp³-hybridized carbons (Fsp3) is 0.400. The van der Waals surface area contributed by atoms with E-state index >= 15 is 0 Å². The predicted octanol–water partition coefficient (Wildman–Crippen LogP) is 11.6. The molecule has 4 rings (SSSR count). The minimum absolute atomic E-state index is 0.149. The van der Waals surface area contributed by atoms with Crippen molar-refractivity contribution in [2.75, 3.05) is 30.3 Å². The van der Waals surface area contributed by atoms with E-state index in [9.17, 15) is 15.0 Å². The fourth-order valence-corrected chi connectivity index (χ4v) is 6.57. The molecule has 7 nitrogen and oxygen atoms in total. The summed E-state index contributed by atoms with van der Waals surface area (Å²) in [4.78, 5) is 15.7. The van der Waals surface area contributed by atoms with Crippen molar-refractivity contribution in [3.8, 4) is 11.5 Å². The number of rotatable bonds is 17. The third kappa shape index (κ3) is 10.9. The molecule has 3 aromatic carbocycles. The maximum atomic E-state index is 13.1. The van der Waals surface area contributed by atoms with E-state index in [-0.39, 0.29) is 28.7 Å². The quantitative estimate of drug-likeness (QED) is 0.0821. The van der Waals surface area contributed by atoms with Crippen LogP contribution in [-0.2, 0) is 6.54 Å². The Morgan fingerprint density at radius 1 is 0.923 bits per heavy atom. The first-order valence-corrected chi connectivity index (χ1v) is 19.0. The molecule has 0 saturated carbocycles. The molecule has 0 spiro atoms. The van der Waals surface area contributed by atoms with Gasteiger partial charge in [-0.05, 0) is 112 Å². The summed E-state index contributed by atoms with van der Waals surface area (Å²) in [5.74, 6) is 0.656. The summed E-state index contributed by atoms with van der Waals surface area (Å²) in [5.41, 5.74) is 7.32. The SMILES string of the molecule is C=C/C=C(\C=C/C)c1c(O)cc(NC(=O)c2ccc(Nc3ccc4c(c3)c(C)c(C)n4CC(C)CN(CCC)CCC(C)CC)cc2)cc1O.CC. The lowest BCUT2D eigenvalue weighted by Gasteiger charge is -2.27. The second kappa shape index (κ2) is 20.3. The number of nitrogens with zero attached hydrogens (tertiary/aromatic N) is 2. The van der Waals surface area contributed by atoms with E-state index in [0.717, 1.165) is 36.9 Å². The van der Waals surface area contributed by atoms with Crippen LogP contribution in [0.3, 0.4) is 0 Å². The second-order valence-electron chi connectivity index (χ2n) is 13.7. The first-order chi connectivity index (χ1) is 25.0. The van der Waals surface area contributed by atoms with Crippen molar-refractivity contribution in [1.82, 2.24) is 9.47 Å². The summed E-state index contributed by atoms with van der Waals surface area (Å²) < 4.78 is 2.48. The van der Waals surface area contributed by atoms with E-state index in [1.165, 1.54) is 60.1 Å². The molecule has 0 bridgehead atoms. The molecule has 0 aliphatic heterocycles. The van der Waals surface area contributed by atoms with Gasteiger partial charge in [0.15, 0.2) is 0 Å². The molecule has 1 aromatic heterocycles. The van der Waals surface area contributed by atoms with Gasteiger partial charge in [0.05, 0.1) is 5.56 Å². The van der Waals surface area contributed by atoms with E-state index in [1.807, 2.05) is 32.9 Å². The van der Waals surface area contributed by atoms with Crippen LogP contribution in [-0.4, -0.2) is 45.2 Å². The van der Waals surface area contributed by atoms with Crippen molar-refractivity contribution >= 4 is 39.4 Å². The molecule has 0 aliphatic rings. The Hall–Kier alpha value is -4.75. The zero-order valence-corrected chi connectivity index (χ0v) is 33.0. The number of benzene rings is 3. The number of aromatic hydroxyl groups is 2. The number of hydrogen-bond acceptors (Lipinski definition) is 5. The van der Waals surface area contributed by atoms with Crippen molar-refractivity contribution in [2.45, 2.75) is 88.1 Å². The number of fused-ring (bicyclic) bond motifs is 1. The monoisotopic (exact) mass is 706 g/mol. The van der Waals surface area contributed by atoms with Crippen LogP contribution >= 0.6 is 0 Å². The summed E-state index contributed by atoms with van der Waals surface area (Å²) in [6.45, 7) is 27.7. The predicted molar refractivity (Wildman–Crippen MR) is 223 cm³/mol. The molecular formula is C45H62N4O3. The lowest BCUT2D eigenvalue weighted by Crippen LogP contribution is -2.32. The summed E-state index contributed by atoms with van der Waals surface area (Å²) in [6.07, 6.45) is 10.5. The number of aromatic nitrogens is 1. The fourth-order valence-electron chi connectivity index (χ4n) is 6.57. The molecule has 52 heavy (non-hydrogen) atoms. The van der Waals surface area contributed by atoms with Gasteiger partial charge < -0.3 is 30.3 Å². The molecule has 4 aromatic rings. The molecule has 0 saturated heterocycles. The summed E-state index contributed by atoms with van der Waals surface area (Å²) in [7, 11) is 0. The van der Waals surface area contributed by atoms with Crippen molar-refractivity contribution < 1.29 is 15.0 Å². The Kier molecular flexibility index (Phi) is 16.3.